The van der Waals surface area contributed by atoms with E-state index in [1.807, 2.05) is 0 Å². The van der Waals surface area contributed by atoms with Crippen LogP contribution in [0.3, 0.4) is 0 Å². The fourth-order valence-corrected chi connectivity index (χ4v) is 2.54. The summed E-state index contributed by atoms with van der Waals surface area (Å²) in [6.07, 6.45) is -4.44. The van der Waals surface area contributed by atoms with Crippen LogP contribution in [0.2, 0.25) is 0 Å². The third-order valence-electron chi connectivity index (χ3n) is 3.67. The number of benzene rings is 1. The maximum atomic E-state index is 12.4. The highest BCUT2D eigenvalue weighted by Crippen LogP contribution is 2.29. The molecule has 1 aliphatic rings. The minimum Gasteiger partial charge on any atom is -0.406 e. The highest BCUT2D eigenvalue weighted by atomic mass is 35.5. The number of nitrogens with zero attached hydrogens (tertiary/aromatic N) is 1. The predicted molar refractivity (Wildman–Crippen MR) is 94.0 cm³/mol. The van der Waals surface area contributed by atoms with Crippen molar-refractivity contribution in [2.24, 2.45) is 0 Å². The first kappa shape index (κ1) is 23.0. The molecule has 0 aliphatic carbocycles. The molecule has 0 saturated carbocycles. The number of rotatable bonds is 8. The maximum absolute atomic E-state index is 12.4. The van der Waals surface area contributed by atoms with Crippen molar-refractivity contribution in [3.05, 3.63) is 24.3 Å². The molecule has 27 heavy (non-hydrogen) atoms. The molecule has 1 saturated heterocycles. The standard InChI is InChI=1S/C16H20F3N3O4.ClH/c1-25-8-6-20-10-14(23)21-13-5-7-22(15(13)24)11-3-2-4-12(9-11)26-16(17,18)19;/h2-4,9,13,20H,5-8,10H2,1H3,(H,21,23);1H. The lowest BCUT2D eigenvalue weighted by Gasteiger charge is -2.18. The van der Waals surface area contributed by atoms with Gasteiger partial charge in [0.1, 0.15) is 11.8 Å². The largest absolute Gasteiger partial charge is 0.573 e. The zero-order chi connectivity index (χ0) is 19.2. The van der Waals surface area contributed by atoms with E-state index in [4.69, 9.17) is 4.74 Å². The molecule has 0 bridgehead atoms. The number of anilines is 1. The Morgan fingerprint density at radius 2 is 2.11 bits per heavy atom. The van der Waals surface area contributed by atoms with Gasteiger partial charge in [0.05, 0.1) is 13.2 Å². The molecular weight excluding hydrogens is 391 g/mol. The van der Waals surface area contributed by atoms with Crippen LogP contribution in [-0.2, 0) is 14.3 Å². The van der Waals surface area contributed by atoms with Gasteiger partial charge < -0.3 is 25.0 Å². The lowest BCUT2D eigenvalue weighted by molar-refractivity contribution is -0.274. The van der Waals surface area contributed by atoms with Crippen molar-refractivity contribution >= 4 is 29.9 Å². The summed E-state index contributed by atoms with van der Waals surface area (Å²) < 4.78 is 45.7. The number of amides is 2. The molecule has 1 atom stereocenters. The van der Waals surface area contributed by atoms with Crippen LogP contribution in [0.25, 0.3) is 0 Å². The number of methoxy groups -OCH3 is 1. The quantitative estimate of drug-likeness (QED) is 0.633. The molecule has 0 aromatic heterocycles. The summed E-state index contributed by atoms with van der Waals surface area (Å²) in [5, 5.41) is 5.48. The number of carbonyl (C=O) groups excluding carboxylic acids is 2. The van der Waals surface area contributed by atoms with E-state index < -0.39 is 18.2 Å². The Labute approximate surface area is 160 Å². The molecule has 0 spiro atoms. The Bertz CT molecular complexity index is 646. The first-order valence-electron chi connectivity index (χ1n) is 7.96. The molecule has 152 valence electrons. The highest BCUT2D eigenvalue weighted by molar-refractivity contribution is 6.01. The number of ether oxygens (including phenoxy) is 2. The van der Waals surface area contributed by atoms with Crippen LogP contribution in [0.15, 0.2) is 24.3 Å². The summed E-state index contributed by atoms with van der Waals surface area (Å²) in [5.74, 6) is -1.12. The second-order valence-corrected chi connectivity index (χ2v) is 5.61. The van der Waals surface area contributed by atoms with Gasteiger partial charge in [-0.2, -0.15) is 0 Å². The molecule has 1 aromatic carbocycles. The molecule has 11 heteroatoms. The van der Waals surface area contributed by atoms with Gasteiger partial charge >= 0.3 is 6.36 Å². The van der Waals surface area contributed by atoms with Gasteiger partial charge in [0.2, 0.25) is 11.8 Å². The lowest BCUT2D eigenvalue weighted by Crippen LogP contribution is -2.45. The monoisotopic (exact) mass is 411 g/mol. The van der Waals surface area contributed by atoms with Gasteiger partial charge in [0.15, 0.2) is 0 Å². The van der Waals surface area contributed by atoms with Crippen molar-refractivity contribution in [2.45, 2.75) is 18.8 Å². The molecular formula is C16H21ClF3N3O4. The lowest BCUT2D eigenvalue weighted by atomic mass is 10.2. The van der Waals surface area contributed by atoms with Crippen LogP contribution >= 0.6 is 12.4 Å². The molecule has 2 rings (SSSR count). The molecule has 2 amide bonds. The summed E-state index contributed by atoms with van der Waals surface area (Å²) in [7, 11) is 1.54. The number of halogens is 4. The predicted octanol–water partition coefficient (Wildman–Crippen LogP) is 1.46. The first-order chi connectivity index (χ1) is 12.3. The molecule has 1 heterocycles. The summed E-state index contributed by atoms with van der Waals surface area (Å²) in [6, 6.07) is 4.47. The fraction of sp³-hybridized carbons (Fsp3) is 0.500. The fourth-order valence-electron chi connectivity index (χ4n) is 2.54. The molecule has 2 N–H and O–H groups in total. The van der Waals surface area contributed by atoms with E-state index in [9.17, 15) is 22.8 Å². The minimum atomic E-state index is -4.81. The second-order valence-electron chi connectivity index (χ2n) is 5.61. The van der Waals surface area contributed by atoms with Crippen LogP contribution in [0, 0.1) is 0 Å². The number of alkyl halides is 3. The number of hydrogen-bond donors (Lipinski definition) is 2. The third-order valence-corrected chi connectivity index (χ3v) is 3.67. The average Bonchev–Trinajstić information content (AvgIpc) is 2.91. The van der Waals surface area contributed by atoms with Gasteiger partial charge in [-0.25, -0.2) is 0 Å². The molecule has 1 aromatic rings. The van der Waals surface area contributed by atoms with Crippen molar-refractivity contribution in [3.8, 4) is 5.75 Å². The van der Waals surface area contributed by atoms with Crippen molar-refractivity contribution < 1.29 is 32.2 Å². The van der Waals surface area contributed by atoms with Crippen molar-refractivity contribution in [1.82, 2.24) is 10.6 Å². The SMILES string of the molecule is COCCNCC(=O)NC1CCN(c2cccc(OC(F)(F)F)c2)C1=O.Cl. The maximum Gasteiger partial charge on any atom is 0.573 e. The number of hydrogen-bond acceptors (Lipinski definition) is 5. The average molecular weight is 412 g/mol. The van der Waals surface area contributed by atoms with Crippen molar-refractivity contribution in [2.75, 3.05) is 38.3 Å². The molecule has 1 unspecified atom stereocenters. The van der Waals surface area contributed by atoms with Gasteiger partial charge in [0, 0.05) is 32.0 Å². The second kappa shape index (κ2) is 10.3. The van der Waals surface area contributed by atoms with Gasteiger partial charge in [-0.1, -0.05) is 6.07 Å². The summed E-state index contributed by atoms with van der Waals surface area (Å²) in [6.45, 7) is 1.29. The van der Waals surface area contributed by atoms with Gasteiger partial charge in [-0.15, -0.1) is 25.6 Å². The van der Waals surface area contributed by atoms with E-state index in [1.54, 1.807) is 7.11 Å². The summed E-state index contributed by atoms with van der Waals surface area (Å²) in [5.41, 5.74) is 0.284. The van der Waals surface area contributed by atoms with Gasteiger partial charge in [-0.05, 0) is 18.6 Å². The van der Waals surface area contributed by atoms with Crippen molar-refractivity contribution in [1.29, 1.82) is 0 Å². The van der Waals surface area contributed by atoms with E-state index in [1.165, 1.54) is 17.0 Å². The van der Waals surface area contributed by atoms with Gasteiger partial charge in [-0.3, -0.25) is 9.59 Å². The Hall–Kier alpha value is -2.04. The normalized spacial score (nSPS) is 16.8. The zero-order valence-corrected chi connectivity index (χ0v) is 15.4. The van der Waals surface area contributed by atoms with E-state index in [0.717, 1.165) is 12.1 Å². The minimum absolute atomic E-state index is 0. The van der Waals surface area contributed by atoms with Crippen molar-refractivity contribution in [3.63, 3.8) is 0 Å². The van der Waals surface area contributed by atoms with Crippen LogP contribution in [0.5, 0.6) is 5.75 Å². The topological polar surface area (TPSA) is 79.9 Å². The van der Waals surface area contributed by atoms with Crippen LogP contribution < -0.4 is 20.3 Å². The molecule has 1 fully saturated rings. The molecule has 0 radical (unpaired) electrons. The van der Waals surface area contributed by atoms with Crippen LogP contribution in [-0.4, -0.2) is 57.6 Å². The summed E-state index contributed by atoms with van der Waals surface area (Å²) in [4.78, 5) is 25.6. The Morgan fingerprint density at radius 1 is 1.37 bits per heavy atom. The van der Waals surface area contributed by atoms with E-state index in [2.05, 4.69) is 15.4 Å². The Balaban J connectivity index is 0.00000364. The molecule has 7 nitrogen and oxygen atoms in total. The zero-order valence-electron chi connectivity index (χ0n) is 14.5. The highest BCUT2D eigenvalue weighted by Gasteiger charge is 2.35. The van der Waals surface area contributed by atoms with E-state index in [-0.39, 0.29) is 43.0 Å². The number of carbonyl (C=O) groups is 2. The summed E-state index contributed by atoms with van der Waals surface area (Å²) >= 11 is 0. The smallest absolute Gasteiger partial charge is 0.406 e. The molecule has 1 aliphatic heterocycles. The third kappa shape index (κ3) is 7.24. The number of nitrogens with one attached hydrogen (secondary N) is 2. The van der Waals surface area contributed by atoms with Crippen LogP contribution in [0.4, 0.5) is 18.9 Å². The van der Waals surface area contributed by atoms with E-state index >= 15 is 0 Å². The Kier molecular flexibility index (Phi) is 8.80. The van der Waals surface area contributed by atoms with Gasteiger partial charge in [0.25, 0.3) is 0 Å². The van der Waals surface area contributed by atoms with E-state index in [0.29, 0.717) is 19.6 Å². The Morgan fingerprint density at radius 3 is 2.78 bits per heavy atom. The first-order valence-corrected chi connectivity index (χ1v) is 7.96. The van der Waals surface area contributed by atoms with Crippen LogP contribution in [0.1, 0.15) is 6.42 Å².